The van der Waals surface area contributed by atoms with Crippen molar-refractivity contribution < 1.29 is 14.2 Å². The van der Waals surface area contributed by atoms with E-state index in [2.05, 4.69) is 29.2 Å². The van der Waals surface area contributed by atoms with Crippen LogP contribution in [-0.2, 0) is 0 Å². The van der Waals surface area contributed by atoms with Crippen LogP contribution < -0.4 is 4.74 Å². The first-order chi connectivity index (χ1) is 15.7. The Kier molecular flexibility index (Phi) is 6.37. The van der Waals surface area contributed by atoms with Crippen LogP contribution >= 0.6 is 11.8 Å². The van der Waals surface area contributed by atoms with Gasteiger partial charge in [0.2, 0.25) is 0 Å². The predicted molar refractivity (Wildman–Crippen MR) is 127 cm³/mol. The van der Waals surface area contributed by atoms with Gasteiger partial charge in [-0.25, -0.2) is 4.39 Å². The Hall–Kier alpha value is -2.50. The van der Waals surface area contributed by atoms with Gasteiger partial charge in [-0.2, -0.15) is 0 Å². The maximum atomic E-state index is 13.5. The molecule has 32 heavy (non-hydrogen) atoms. The second-order valence-electron chi connectivity index (χ2n) is 8.64. The van der Waals surface area contributed by atoms with Crippen LogP contribution in [0.5, 0.6) is 11.5 Å². The van der Waals surface area contributed by atoms with Crippen molar-refractivity contribution >= 4 is 11.8 Å². The number of phenolic OH excluding ortho intramolecular Hbond substituents is 1. The van der Waals surface area contributed by atoms with E-state index >= 15 is 0 Å². The molecule has 5 rings (SSSR count). The minimum atomic E-state index is -0.240. The SMILES string of the molecule is Oc1ccc2c(c1)[C@@H](c1ccc(SCCN3CCCC3)cc1)[C@@H](c1ccc(F)cc1)CO2. The number of hydrogen-bond donors (Lipinski definition) is 1. The van der Waals surface area contributed by atoms with Crippen LogP contribution in [0.4, 0.5) is 4.39 Å². The number of phenols is 1. The highest BCUT2D eigenvalue weighted by molar-refractivity contribution is 7.99. The molecule has 0 saturated carbocycles. The third-order valence-electron chi connectivity index (χ3n) is 6.56. The molecule has 1 fully saturated rings. The number of rotatable bonds is 6. The van der Waals surface area contributed by atoms with Crippen LogP contribution in [0, 0.1) is 5.82 Å². The maximum absolute atomic E-state index is 13.5. The summed E-state index contributed by atoms with van der Waals surface area (Å²) in [5.41, 5.74) is 3.19. The smallest absolute Gasteiger partial charge is 0.123 e. The van der Waals surface area contributed by atoms with E-state index in [9.17, 15) is 9.50 Å². The number of halogens is 1. The summed E-state index contributed by atoms with van der Waals surface area (Å²) in [7, 11) is 0. The van der Waals surface area contributed by atoms with E-state index in [1.165, 1.54) is 48.5 Å². The first kappa shape index (κ1) is 21.4. The monoisotopic (exact) mass is 449 g/mol. The lowest BCUT2D eigenvalue weighted by atomic mass is 9.76. The van der Waals surface area contributed by atoms with Crippen molar-refractivity contribution in [3.8, 4) is 11.5 Å². The van der Waals surface area contributed by atoms with Gasteiger partial charge in [0.05, 0.1) is 6.61 Å². The molecule has 2 heterocycles. The molecule has 3 aromatic rings. The highest BCUT2D eigenvalue weighted by atomic mass is 32.2. The summed E-state index contributed by atoms with van der Waals surface area (Å²) >= 11 is 1.90. The minimum Gasteiger partial charge on any atom is -0.508 e. The van der Waals surface area contributed by atoms with Gasteiger partial charge in [0.25, 0.3) is 0 Å². The van der Waals surface area contributed by atoms with E-state index in [-0.39, 0.29) is 23.4 Å². The van der Waals surface area contributed by atoms with Gasteiger partial charge >= 0.3 is 0 Å². The Morgan fingerprint density at radius 3 is 2.41 bits per heavy atom. The van der Waals surface area contributed by atoms with Gasteiger partial charge in [0, 0.05) is 34.6 Å². The summed E-state index contributed by atoms with van der Waals surface area (Å²) < 4.78 is 19.6. The number of aromatic hydroxyl groups is 1. The number of likely N-dealkylation sites (tertiary alicyclic amines) is 1. The average molecular weight is 450 g/mol. The molecule has 0 amide bonds. The molecule has 2 atom stereocenters. The number of benzene rings is 3. The highest BCUT2D eigenvalue weighted by Gasteiger charge is 2.33. The van der Waals surface area contributed by atoms with Gasteiger partial charge in [0.15, 0.2) is 0 Å². The van der Waals surface area contributed by atoms with Gasteiger partial charge in [-0.3, -0.25) is 0 Å². The maximum Gasteiger partial charge on any atom is 0.123 e. The lowest BCUT2D eigenvalue weighted by molar-refractivity contribution is 0.248. The third-order valence-corrected chi connectivity index (χ3v) is 7.55. The van der Waals surface area contributed by atoms with Gasteiger partial charge in [-0.05, 0) is 79.5 Å². The molecule has 2 aliphatic rings. The molecule has 0 unspecified atom stereocenters. The van der Waals surface area contributed by atoms with Crippen molar-refractivity contribution in [1.29, 1.82) is 0 Å². The quantitative estimate of drug-likeness (QED) is 0.466. The van der Waals surface area contributed by atoms with Crippen molar-refractivity contribution in [3.63, 3.8) is 0 Å². The van der Waals surface area contributed by atoms with Crippen molar-refractivity contribution in [1.82, 2.24) is 4.90 Å². The number of thioether (sulfide) groups is 1. The first-order valence-corrected chi connectivity index (χ1v) is 12.3. The third kappa shape index (κ3) is 4.64. The Morgan fingerprint density at radius 1 is 0.938 bits per heavy atom. The lowest BCUT2D eigenvalue weighted by Gasteiger charge is -2.34. The molecule has 0 bridgehead atoms. The van der Waals surface area contributed by atoms with E-state index in [4.69, 9.17) is 4.74 Å². The zero-order chi connectivity index (χ0) is 21.9. The molecule has 5 heteroatoms. The summed E-state index contributed by atoms with van der Waals surface area (Å²) in [4.78, 5) is 3.81. The normalized spacial score (nSPS) is 20.7. The number of nitrogens with zero attached hydrogens (tertiary/aromatic N) is 1. The Labute approximate surface area is 193 Å². The van der Waals surface area contributed by atoms with Crippen LogP contribution in [0.3, 0.4) is 0 Å². The van der Waals surface area contributed by atoms with Crippen LogP contribution in [0.25, 0.3) is 0 Å². The zero-order valence-corrected chi connectivity index (χ0v) is 18.9. The Balaban J connectivity index is 1.40. The molecular formula is C27H28FNO2S. The molecule has 1 saturated heterocycles. The molecule has 0 aliphatic carbocycles. The predicted octanol–water partition coefficient (Wildman–Crippen LogP) is 6.03. The fraction of sp³-hybridized carbons (Fsp3) is 0.333. The molecule has 0 aromatic heterocycles. The van der Waals surface area contributed by atoms with E-state index in [0.29, 0.717) is 6.61 Å². The molecule has 0 radical (unpaired) electrons. The van der Waals surface area contributed by atoms with Gasteiger partial charge in [0.1, 0.15) is 17.3 Å². The fourth-order valence-electron chi connectivity index (χ4n) is 4.88. The lowest BCUT2D eigenvalue weighted by Crippen LogP contribution is -2.25. The summed E-state index contributed by atoms with van der Waals surface area (Å²) in [5.74, 6) is 1.96. The first-order valence-electron chi connectivity index (χ1n) is 11.3. The molecule has 2 aliphatic heterocycles. The fourth-order valence-corrected chi connectivity index (χ4v) is 5.80. The second kappa shape index (κ2) is 9.55. The molecule has 0 spiro atoms. The Morgan fingerprint density at radius 2 is 1.66 bits per heavy atom. The molecular weight excluding hydrogens is 421 g/mol. The van der Waals surface area contributed by atoms with Crippen molar-refractivity contribution in [2.45, 2.75) is 29.6 Å². The summed E-state index contributed by atoms with van der Waals surface area (Å²) in [6.45, 7) is 4.13. The molecule has 3 aromatic carbocycles. The second-order valence-corrected chi connectivity index (χ2v) is 9.80. The van der Waals surface area contributed by atoms with E-state index < -0.39 is 0 Å². The molecule has 1 N–H and O–H groups in total. The molecule has 3 nitrogen and oxygen atoms in total. The largest absolute Gasteiger partial charge is 0.508 e. The van der Waals surface area contributed by atoms with Crippen molar-refractivity contribution in [2.75, 3.05) is 32.0 Å². The van der Waals surface area contributed by atoms with Crippen LogP contribution in [0.1, 0.15) is 41.4 Å². The standard InChI is InChI=1S/C27H28FNO2S/c28-21-7-3-19(4-8-21)25-18-31-26-12-9-22(30)17-24(26)27(25)20-5-10-23(11-6-20)32-16-15-29-13-1-2-14-29/h3-12,17,25,27,30H,1-2,13-16,18H2/t25-,27-/m1/s1. The summed E-state index contributed by atoms with van der Waals surface area (Å²) in [5, 5.41) is 10.2. The number of hydrogen-bond acceptors (Lipinski definition) is 4. The van der Waals surface area contributed by atoms with Gasteiger partial charge < -0.3 is 14.7 Å². The van der Waals surface area contributed by atoms with Crippen LogP contribution in [-0.4, -0.2) is 42.0 Å². The van der Waals surface area contributed by atoms with E-state index in [1.54, 1.807) is 12.1 Å². The van der Waals surface area contributed by atoms with Crippen LogP contribution in [0.15, 0.2) is 71.6 Å². The number of fused-ring (bicyclic) bond motifs is 1. The van der Waals surface area contributed by atoms with Gasteiger partial charge in [-0.15, -0.1) is 11.8 Å². The summed E-state index contributed by atoms with van der Waals surface area (Å²) in [6.07, 6.45) is 2.66. The zero-order valence-electron chi connectivity index (χ0n) is 18.0. The number of ether oxygens (including phenoxy) is 1. The minimum absolute atomic E-state index is 0.0277. The van der Waals surface area contributed by atoms with Crippen LogP contribution in [0.2, 0.25) is 0 Å². The average Bonchev–Trinajstić information content (AvgIpc) is 3.33. The Bertz CT molecular complexity index is 1050. The van der Waals surface area contributed by atoms with Gasteiger partial charge in [-0.1, -0.05) is 24.3 Å². The van der Waals surface area contributed by atoms with E-state index in [0.717, 1.165) is 29.2 Å². The molecule has 166 valence electrons. The van der Waals surface area contributed by atoms with E-state index in [1.807, 2.05) is 30.0 Å². The highest BCUT2D eigenvalue weighted by Crippen LogP contribution is 2.47. The summed E-state index contributed by atoms with van der Waals surface area (Å²) in [6, 6.07) is 20.8. The van der Waals surface area contributed by atoms with Crippen molar-refractivity contribution in [3.05, 3.63) is 89.2 Å². The topological polar surface area (TPSA) is 32.7 Å². The van der Waals surface area contributed by atoms with Crippen molar-refractivity contribution in [2.24, 2.45) is 0 Å².